The van der Waals surface area contributed by atoms with Crippen molar-refractivity contribution in [3.63, 3.8) is 0 Å². The van der Waals surface area contributed by atoms with Gasteiger partial charge >= 0.3 is 5.97 Å². The van der Waals surface area contributed by atoms with Crippen molar-refractivity contribution in [3.05, 3.63) is 76.3 Å². The zero-order chi connectivity index (χ0) is 24.1. The Kier molecular flexibility index (Phi) is 8.61. The molecule has 5 heteroatoms. The van der Waals surface area contributed by atoms with Gasteiger partial charge in [-0.25, -0.2) is 4.79 Å². The number of hydrogen-bond donors (Lipinski definition) is 1. The SMILES string of the molecule is C=C(C)[C@H]1C[C@H](c2ccc(Cl)cc2)[C@H](CCC)O[C@@H]1c1cc(C(=O)O)ccc1OCC(C)C. The van der Waals surface area contributed by atoms with Gasteiger partial charge in [0.05, 0.1) is 24.4 Å². The van der Waals surface area contributed by atoms with Crippen LogP contribution in [0.5, 0.6) is 5.75 Å². The van der Waals surface area contributed by atoms with Crippen LogP contribution in [-0.4, -0.2) is 23.8 Å². The summed E-state index contributed by atoms with van der Waals surface area (Å²) in [5, 5.41) is 10.3. The molecule has 2 aromatic carbocycles. The highest BCUT2D eigenvalue weighted by Crippen LogP contribution is 2.49. The first-order valence-electron chi connectivity index (χ1n) is 11.8. The molecule has 1 saturated heterocycles. The highest BCUT2D eigenvalue weighted by molar-refractivity contribution is 6.30. The van der Waals surface area contributed by atoms with Crippen LogP contribution in [0.15, 0.2) is 54.6 Å². The van der Waals surface area contributed by atoms with E-state index in [1.807, 2.05) is 19.1 Å². The maximum Gasteiger partial charge on any atom is 0.335 e. The lowest BCUT2D eigenvalue weighted by atomic mass is 9.74. The second-order valence-electron chi connectivity index (χ2n) is 9.49. The van der Waals surface area contributed by atoms with Crippen molar-refractivity contribution in [2.75, 3.05) is 6.61 Å². The first-order valence-corrected chi connectivity index (χ1v) is 12.1. The third-order valence-electron chi connectivity index (χ3n) is 6.28. The molecule has 1 N–H and O–H groups in total. The van der Waals surface area contributed by atoms with E-state index in [-0.39, 0.29) is 29.6 Å². The monoisotopic (exact) mass is 470 g/mol. The summed E-state index contributed by atoms with van der Waals surface area (Å²) < 4.78 is 12.9. The van der Waals surface area contributed by atoms with Crippen LogP contribution < -0.4 is 4.74 Å². The van der Waals surface area contributed by atoms with Gasteiger partial charge in [-0.05, 0) is 61.6 Å². The van der Waals surface area contributed by atoms with Gasteiger partial charge in [-0.15, -0.1) is 0 Å². The van der Waals surface area contributed by atoms with E-state index in [9.17, 15) is 9.90 Å². The summed E-state index contributed by atoms with van der Waals surface area (Å²) in [5.74, 6) is 0.319. The molecule has 2 aromatic rings. The minimum atomic E-state index is -0.960. The number of aromatic carboxylic acids is 1. The third kappa shape index (κ3) is 6.18. The van der Waals surface area contributed by atoms with Crippen molar-refractivity contribution in [1.29, 1.82) is 0 Å². The number of halogens is 1. The van der Waals surface area contributed by atoms with Crippen molar-refractivity contribution >= 4 is 17.6 Å². The Bertz CT molecular complexity index is 966. The summed E-state index contributed by atoms with van der Waals surface area (Å²) >= 11 is 6.13. The highest BCUT2D eigenvalue weighted by atomic mass is 35.5. The fraction of sp³-hybridized carbons (Fsp3) is 0.464. The number of rotatable bonds is 9. The Labute approximate surface area is 202 Å². The molecule has 1 heterocycles. The van der Waals surface area contributed by atoms with E-state index >= 15 is 0 Å². The minimum absolute atomic E-state index is 0.00297. The summed E-state index contributed by atoms with van der Waals surface area (Å²) in [6.07, 6.45) is 2.46. The van der Waals surface area contributed by atoms with Crippen LogP contribution >= 0.6 is 11.6 Å². The van der Waals surface area contributed by atoms with Gasteiger partial charge in [0, 0.05) is 22.4 Å². The van der Waals surface area contributed by atoms with E-state index in [4.69, 9.17) is 21.1 Å². The van der Waals surface area contributed by atoms with Crippen molar-refractivity contribution in [2.45, 2.75) is 65.1 Å². The van der Waals surface area contributed by atoms with Crippen molar-refractivity contribution < 1.29 is 19.4 Å². The quantitative estimate of drug-likeness (QED) is 0.382. The van der Waals surface area contributed by atoms with Gasteiger partial charge in [0.1, 0.15) is 5.75 Å². The van der Waals surface area contributed by atoms with Crippen LogP contribution in [0.25, 0.3) is 0 Å². The van der Waals surface area contributed by atoms with Gasteiger partial charge in [0.25, 0.3) is 0 Å². The Balaban J connectivity index is 2.03. The zero-order valence-corrected chi connectivity index (χ0v) is 20.8. The van der Waals surface area contributed by atoms with E-state index in [1.165, 1.54) is 5.56 Å². The van der Waals surface area contributed by atoms with Crippen LogP contribution in [0, 0.1) is 11.8 Å². The van der Waals surface area contributed by atoms with E-state index in [0.717, 1.165) is 30.4 Å². The van der Waals surface area contributed by atoms with Crippen LogP contribution in [0.1, 0.15) is 80.5 Å². The van der Waals surface area contributed by atoms with Gasteiger partial charge in [-0.2, -0.15) is 0 Å². The molecule has 0 aliphatic carbocycles. The average molecular weight is 471 g/mol. The fourth-order valence-corrected chi connectivity index (χ4v) is 4.71. The molecule has 0 aromatic heterocycles. The Morgan fingerprint density at radius 2 is 1.94 bits per heavy atom. The Morgan fingerprint density at radius 1 is 1.24 bits per heavy atom. The van der Waals surface area contributed by atoms with Gasteiger partial charge in [0.2, 0.25) is 0 Å². The number of hydrogen-bond acceptors (Lipinski definition) is 3. The molecular formula is C28H35ClO4. The van der Waals surface area contributed by atoms with Gasteiger partial charge in [-0.3, -0.25) is 0 Å². The molecule has 0 spiro atoms. The molecule has 0 amide bonds. The normalized spacial score (nSPS) is 22.8. The first kappa shape index (κ1) is 25.3. The average Bonchev–Trinajstić information content (AvgIpc) is 2.78. The van der Waals surface area contributed by atoms with Crippen molar-refractivity contribution in [2.24, 2.45) is 11.8 Å². The van der Waals surface area contributed by atoms with E-state index in [1.54, 1.807) is 18.2 Å². The van der Waals surface area contributed by atoms with E-state index in [0.29, 0.717) is 23.3 Å². The lowest BCUT2D eigenvalue weighted by Gasteiger charge is -2.43. The molecule has 1 aliphatic rings. The molecule has 0 radical (unpaired) electrons. The summed E-state index contributed by atoms with van der Waals surface area (Å²) in [6, 6.07) is 13.1. The van der Waals surface area contributed by atoms with Crippen LogP contribution in [0.4, 0.5) is 0 Å². The highest BCUT2D eigenvalue weighted by Gasteiger charge is 2.40. The first-order chi connectivity index (χ1) is 15.7. The van der Waals surface area contributed by atoms with Crippen LogP contribution in [-0.2, 0) is 4.74 Å². The number of ether oxygens (including phenoxy) is 2. The maximum absolute atomic E-state index is 11.8. The van der Waals surface area contributed by atoms with Gasteiger partial charge in [-0.1, -0.05) is 63.1 Å². The van der Waals surface area contributed by atoms with Crippen molar-refractivity contribution in [1.82, 2.24) is 0 Å². The largest absolute Gasteiger partial charge is 0.493 e. The molecule has 3 rings (SSSR count). The van der Waals surface area contributed by atoms with E-state index < -0.39 is 5.97 Å². The molecular weight excluding hydrogens is 436 g/mol. The Hall–Kier alpha value is -2.30. The molecule has 0 unspecified atom stereocenters. The topological polar surface area (TPSA) is 55.8 Å². The summed E-state index contributed by atoms with van der Waals surface area (Å²) in [7, 11) is 0. The number of carboxylic acids is 1. The second kappa shape index (κ2) is 11.2. The number of carbonyl (C=O) groups is 1. The molecule has 0 saturated carbocycles. The summed E-state index contributed by atoms with van der Waals surface area (Å²) in [4.78, 5) is 11.8. The van der Waals surface area contributed by atoms with Gasteiger partial charge in [0.15, 0.2) is 0 Å². The second-order valence-corrected chi connectivity index (χ2v) is 9.93. The molecule has 0 bridgehead atoms. The molecule has 1 fully saturated rings. The standard InChI is InChI=1S/C28H35ClO4/c1-6-7-26-23(19-8-11-21(29)12-9-19)15-22(18(4)5)27(33-26)24-14-20(28(30)31)10-13-25(24)32-16-17(2)3/h8-14,17,22-23,26-27H,4,6-7,15-16H2,1-3,5H3,(H,30,31)/t22-,23-,26+,27+/m1/s1. The number of carboxylic acid groups (broad SMARTS) is 1. The molecule has 1 aliphatic heterocycles. The smallest absolute Gasteiger partial charge is 0.335 e. The maximum atomic E-state index is 11.8. The third-order valence-corrected chi connectivity index (χ3v) is 6.54. The number of benzene rings is 2. The molecule has 4 nitrogen and oxygen atoms in total. The molecule has 178 valence electrons. The lowest BCUT2D eigenvalue weighted by molar-refractivity contribution is -0.0932. The fourth-order valence-electron chi connectivity index (χ4n) is 4.58. The molecule has 33 heavy (non-hydrogen) atoms. The lowest BCUT2D eigenvalue weighted by Crippen LogP contribution is -2.36. The van der Waals surface area contributed by atoms with Crippen LogP contribution in [0.3, 0.4) is 0 Å². The zero-order valence-electron chi connectivity index (χ0n) is 20.0. The van der Waals surface area contributed by atoms with Crippen LogP contribution in [0.2, 0.25) is 5.02 Å². The molecule has 4 atom stereocenters. The van der Waals surface area contributed by atoms with E-state index in [2.05, 4.69) is 39.5 Å². The van der Waals surface area contributed by atoms with Crippen molar-refractivity contribution in [3.8, 4) is 5.75 Å². The van der Waals surface area contributed by atoms with Gasteiger partial charge < -0.3 is 14.6 Å². The minimum Gasteiger partial charge on any atom is -0.493 e. The Morgan fingerprint density at radius 3 is 2.52 bits per heavy atom. The predicted molar refractivity (Wildman–Crippen MR) is 133 cm³/mol. The summed E-state index contributed by atoms with van der Waals surface area (Å²) in [6.45, 7) is 13.2. The summed E-state index contributed by atoms with van der Waals surface area (Å²) in [5.41, 5.74) is 3.25. The predicted octanol–water partition coefficient (Wildman–Crippen LogP) is 7.68.